The van der Waals surface area contributed by atoms with Crippen molar-refractivity contribution in [3.8, 4) is 5.75 Å². The lowest BCUT2D eigenvalue weighted by Crippen LogP contribution is -2.29. The summed E-state index contributed by atoms with van der Waals surface area (Å²) in [5.74, 6) is -0.234. The van der Waals surface area contributed by atoms with Gasteiger partial charge >= 0.3 is 0 Å². The van der Waals surface area contributed by atoms with Crippen molar-refractivity contribution in [1.82, 2.24) is 4.90 Å². The Balaban J connectivity index is 1.70. The van der Waals surface area contributed by atoms with Gasteiger partial charge in [-0.15, -0.1) is 11.3 Å². The number of fused-ring (bicyclic) bond motifs is 1. The first kappa shape index (κ1) is 18.4. The van der Waals surface area contributed by atoms with Gasteiger partial charge < -0.3 is 14.8 Å². The summed E-state index contributed by atoms with van der Waals surface area (Å²) in [5, 5.41) is 14.3. The lowest BCUT2D eigenvalue weighted by atomic mass is 9.94. The van der Waals surface area contributed by atoms with Gasteiger partial charge in [0.05, 0.1) is 23.3 Å². The van der Waals surface area contributed by atoms with E-state index in [0.29, 0.717) is 24.2 Å². The maximum absolute atomic E-state index is 13.5. The fourth-order valence-electron chi connectivity index (χ4n) is 3.16. The number of methoxy groups -OCH3 is 1. The third-order valence-electron chi connectivity index (χ3n) is 4.65. The van der Waals surface area contributed by atoms with Gasteiger partial charge in [0.1, 0.15) is 0 Å². The van der Waals surface area contributed by atoms with Crippen molar-refractivity contribution >= 4 is 23.0 Å². The molecule has 0 fully saturated rings. The molecule has 1 aromatic heterocycles. The topological polar surface area (TPSA) is 62.1 Å². The molecule has 1 aromatic carbocycles. The van der Waals surface area contributed by atoms with Gasteiger partial charge in [-0.25, -0.2) is 4.39 Å². The molecule has 0 saturated heterocycles. The summed E-state index contributed by atoms with van der Waals surface area (Å²) in [6.07, 6.45) is 3.04. The summed E-state index contributed by atoms with van der Waals surface area (Å²) in [4.78, 5) is 15.4. The number of nitrogens with zero attached hydrogens (tertiary/aromatic N) is 2. The summed E-state index contributed by atoms with van der Waals surface area (Å²) in [7, 11) is 3.19. The Morgan fingerprint density at radius 1 is 1.42 bits per heavy atom. The van der Waals surface area contributed by atoms with E-state index in [1.54, 1.807) is 24.1 Å². The van der Waals surface area contributed by atoms with Gasteiger partial charge in [0.25, 0.3) is 5.91 Å². The minimum atomic E-state index is -0.396. The number of carbonyl (C=O) groups is 1. The highest BCUT2D eigenvalue weighted by molar-refractivity contribution is 7.12. The van der Waals surface area contributed by atoms with E-state index in [4.69, 9.17) is 9.94 Å². The quantitative estimate of drug-likeness (QED) is 0.639. The van der Waals surface area contributed by atoms with E-state index >= 15 is 0 Å². The number of hydrogen-bond acceptors (Lipinski definition) is 5. The molecule has 1 aliphatic carbocycles. The average molecular weight is 376 g/mol. The van der Waals surface area contributed by atoms with Gasteiger partial charge in [0.2, 0.25) is 0 Å². The number of carbonyl (C=O) groups excluding carboxylic acids is 1. The molecule has 1 amide bonds. The predicted octanol–water partition coefficient (Wildman–Crippen LogP) is 3.73. The van der Waals surface area contributed by atoms with Gasteiger partial charge in [-0.3, -0.25) is 4.79 Å². The minimum Gasteiger partial charge on any atom is -0.494 e. The molecular weight excluding hydrogens is 355 g/mol. The largest absolute Gasteiger partial charge is 0.494 e. The second-order valence-electron chi connectivity index (χ2n) is 6.30. The first-order chi connectivity index (χ1) is 12.5. The van der Waals surface area contributed by atoms with E-state index < -0.39 is 5.82 Å². The van der Waals surface area contributed by atoms with Crippen LogP contribution in [-0.2, 0) is 12.8 Å². The molecule has 0 radical (unpaired) electrons. The highest BCUT2D eigenvalue weighted by Crippen LogP contribution is 2.31. The normalized spacial score (nSPS) is 15.0. The Kier molecular flexibility index (Phi) is 5.56. The van der Waals surface area contributed by atoms with Crippen molar-refractivity contribution in [2.75, 3.05) is 20.7 Å². The number of halogens is 1. The van der Waals surface area contributed by atoms with Crippen LogP contribution in [0.3, 0.4) is 0 Å². The van der Waals surface area contributed by atoms with Crippen molar-refractivity contribution in [2.45, 2.75) is 25.7 Å². The fraction of sp³-hybridized carbons (Fsp3) is 0.368. The monoisotopic (exact) mass is 376 g/mol. The van der Waals surface area contributed by atoms with Gasteiger partial charge in [-0.1, -0.05) is 11.2 Å². The first-order valence-corrected chi connectivity index (χ1v) is 9.32. The Bertz CT molecular complexity index is 847. The highest BCUT2D eigenvalue weighted by Gasteiger charge is 2.25. The number of thiophene rings is 1. The fourth-order valence-corrected chi connectivity index (χ4v) is 4.27. The molecular formula is C19H21FN2O3S. The SMILES string of the molecule is COc1cc(CCN(C)C(=O)c2csc3c2CCC/C3=N/O)ccc1F. The van der Waals surface area contributed by atoms with Crippen molar-refractivity contribution in [1.29, 1.82) is 0 Å². The smallest absolute Gasteiger partial charge is 0.254 e. The number of hydrogen-bond donors (Lipinski definition) is 1. The molecule has 0 unspecified atom stereocenters. The second kappa shape index (κ2) is 7.86. The van der Waals surface area contributed by atoms with Gasteiger partial charge in [0.15, 0.2) is 11.6 Å². The molecule has 0 atom stereocenters. The van der Waals surface area contributed by atoms with Crippen LogP contribution in [0, 0.1) is 5.82 Å². The third kappa shape index (κ3) is 3.58. The van der Waals surface area contributed by atoms with E-state index in [0.717, 1.165) is 35.3 Å². The van der Waals surface area contributed by atoms with Crippen molar-refractivity contribution < 1.29 is 19.1 Å². The summed E-state index contributed by atoms with van der Waals surface area (Å²) < 4.78 is 18.5. The number of benzene rings is 1. The molecule has 5 nitrogen and oxygen atoms in total. The molecule has 138 valence electrons. The van der Waals surface area contributed by atoms with E-state index in [9.17, 15) is 9.18 Å². The van der Waals surface area contributed by atoms with E-state index in [2.05, 4.69) is 5.16 Å². The van der Waals surface area contributed by atoms with Crippen molar-refractivity contribution in [3.63, 3.8) is 0 Å². The van der Waals surface area contributed by atoms with Gasteiger partial charge in [0, 0.05) is 19.0 Å². The molecule has 1 N–H and O–H groups in total. The van der Waals surface area contributed by atoms with Crippen molar-refractivity contribution in [3.05, 3.63) is 51.0 Å². The highest BCUT2D eigenvalue weighted by atomic mass is 32.1. The number of oxime groups is 1. The number of rotatable bonds is 5. The van der Waals surface area contributed by atoms with Crippen LogP contribution >= 0.6 is 11.3 Å². The Morgan fingerprint density at radius 2 is 2.23 bits per heavy atom. The Morgan fingerprint density at radius 3 is 2.96 bits per heavy atom. The van der Waals surface area contributed by atoms with Crippen LogP contribution in [0.1, 0.15) is 39.2 Å². The summed E-state index contributed by atoms with van der Waals surface area (Å²) >= 11 is 1.45. The molecule has 0 bridgehead atoms. The summed E-state index contributed by atoms with van der Waals surface area (Å²) in [6, 6.07) is 4.73. The van der Waals surface area contributed by atoms with Crippen LogP contribution in [0.25, 0.3) is 0 Å². The molecule has 0 aliphatic heterocycles. The molecule has 1 aliphatic rings. The Hall–Kier alpha value is -2.41. The molecule has 1 heterocycles. The zero-order valence-corrected chi connectivity index (χ0v) is 15.6. The lowest BCUT2D eigenvalue weighted by molar-refractivity contribution is 0.0796. The maximum atomic E-state index is 13.5. The summed E-state index contributed by atoms with van der Waals surface area (Å²) in [5.41, 5.74) is 3.24. The van der Waals surface area contributed by atoms with Crippen LogP contribution < -0.4 is 4.74 Å². The molecule has 0 saturated carbocycles. The molecule has 7 heteroatoms. The standard InChI is InChI=1S/C19H21FN2O3S/c1-22(9-8-12-6-7-15(20)17(10-12)25-2)19(23)14-11-26-18-13(14)4-3-5-16(18)21-24/h6-7,10-11,24H,3-5,8-9H2,1-2H3/b21-16-. The zero-order chi connectivity index (χ0) is 18.7. The number of amides is 1. The van der Waals surface area contributed by atoms with Gasteiger partial charge in [-0.2, -0.15) is 0 Å². The number of ether oxygens (including phenoxy) is 1. The van der Waals surface area contributed by atoms with Crippen LogP contribution in [0.15, 0.2) is 28.7 Å². The summed E-state index contributed by atoms with van der Waals surface area (Å²) in [6.45, 7) is 0.513. The van der Waals surface area contributed by atoms with Crippen molar-refractivity contribution in [2.24, 2.45) is 5.16 Å². The van der Waals surface area contributed by atoms with Crippen LogP contribution in [0.2, 0.25) is 0 Å². The van der Waals surface area contributed by atoms with E-state index in [-0.39, 0.29) is 11.7 Å². The van der Waals surface area contributed by atoms with Crippen LogP contribution in [0.4, 0.5) is 4.39 Å². The van der Waals surface area contributed by atoms with Gasteiger partial charge in [-0.05, 0) is 48.9 Å². The number of likely N-dealkylation sites (N-methyl/N-ethyl adjacent to an activating group) is 1. The first-order valence-electron chi connectivity index (χ1n) is 8.44. The molecule has 2 aromatic rings. The Labute approximate surface area is 155 Å². The maximum Gasteiger partial charge on any atom is 0.254 e. The van der Waals surface area contributed by atoms with Crippen LogP contribution in [0.5, 0.6) is 5.75 Å². The second-order valence-corrected chi connectivity index (χ2v) is 7.18. The molecule has 26 heavy (non-hydrogen) atoms. The average Bonchev–Trinajstić information content (AvgIpc) is 3.10. The minimum absolute atomic E-state index is 0.0456. The zero-order valence-electron chi connectivity index (χ0n) is 14.8. The predicted molar refractivity (Wildman–Crippen MR) is 99.2 cm³/mol. The molecule has 3 rings (SSSR count). The van der Waals surface area contributed by atoms with E-state index in [1.807, 2.05) is 5.38 Å². The third-order valence-corrected chi connectivity index (χ3v) is 5.72. The molecule has 0 spiro atoms. The lowest BCUT2D eigenvalue weighted by Gasteiger charge is -2.19. The van der Waals surface area contributed by atoms with E-state index in [1.165, 1.54) is 24.5 Å². The van der Waals surface area contributed by atoms with Crippen LogP contribution in [-0.4, -0.2) is 42.4 Å².